The number of ether oxygens (including phenoxy) is 3. The molecular formula is C28H37N3O8S2. The molecule has 0 bridgehead atoms. The number of methoxy groups -OCH3 is 1. The number of thioether (sulfide) groups is 1. The van der Waals surface area contributed by atoms with Crippen molar-refractivity contribution < 1.29 is 37.0 Å². The largest absolute Gasteiger partial charge is 0.495 e. The van der Waals surface area contributed by atoms with Crippen molar-refractivity contribution in [3.8, 4) is 11.5 Å². The molecule has 0 saturated carbocycles. The van der Waals surface area contributed by atoms with Crippen LogP contribution in [0.1, 0.15) is 34.6 Å². The SMILES string of the molecule is COc1ccccc1S(=O)(=O)N(c1ccc(OC(=O)N(C)C)cc1)[C@@](C)(C(=O)OC(C)C)C(=O)[C@H]1NC(C)(C)CS1. The number of amides is 1. The van der Waals surface area contributed by atoms with Crippen LogP contribution >= 0.6 is 11.8 Å². The van der Waals surface area contributed by atoms with Crippen LogP contribution in [0.4, 0.5) is 10.5 Å². The Morgan fingerprint density at radius 1 is 1.07 bits per heavy atom. The van der Waals surface area contributed by atoms with Gasteiger partial charge in [0, 0.05) is 25.4 Å². The molecule has 1 amide bonds. The summed E-state index contributed by atoms with van der Waals surface area (Å²) in [4.78, 5) is 41.2. The van der Waals surface area contributed by atoms with Crippen LogP contribution in [0.2, 0.25) is 0 Å². The van der Waals surface area contributed by atoms with E-state index >= 15 is 0 Å². The van der Waals surface area contributed by atoms with Gasteiger partial charge in [0.05, 0.1) is 18.9 Å². The van der Waals surface area contributed by atoms with E-state index in [1.807, 2.05) is 13.8 Å². The van der Waals surface area contributed by atoms with Crippen molar-refractivity contribution in [3.05, 3.63) is 48.5 Å². The summed E-state index contributed by atoms with van der Waals surface area (Å²) < 4.78 is 46.0. The monoisotopic (exact) mass is 607 g/mol. The lowest BCUT2D eigenvalue weighted by Crippen LogP contribution is -2.65. The van der Waals surface area contributed by atoms with E-state index in [1.54, 1.807) is 19.9 Å². The van der Waals surface area contributed by atoms with Crippen LogP contribution in [0.15, 0.2) is 53.4 Å². The number of carbonyl (C=O) groups is 3. The van der Waals surface area contributed by atoms with Crippen LogP contribution in [0, 0.1) is 0 Å². The number of esters is 1. The number of para-hydroxylation sites is 1. The van der Waals surface area contributed by atoms with E-state index < -0.39 is 50.4 Å². The molecule has 2 aromatic rings. The zero-order chi connectivity index (χ0) is 30.8. The van der Waals surface area contributed by atoms with E-state index in [0.29, 0.717) is 5.75 Å². The first-order valence-electron chi connectivity index (χ1n) is 12.9. The van der Waals surface area contributed by atoms with E-state index in [2.05, 4.69) is 5.32 Å². The van der Waals surface area contributed by atoms with Gasteiger partial charge in [-0.25, -0.2) is 22.3 Å². The summed E-state index contributed by atoms with van der Waals surface area (Å²) in [6.07, 6.45) is -1.28. The Hall–Kier alpha value is -3.29. The number of anilines is 1. The van der Waals surface area contributed by atoms with Gasteiger partial charge in [-0.05, 0) is 71.0 Å². The maximum atomic E-state index is 14.5. The predicted octanol–water partition coefficient (Wildman–Crippen LogP) is 3.67. The Labute approximate surface area is 245 Å². The van der Waals surface area contributed by atoms with E-state index in [1.165, 1.54) is 87.3 Å². The fourth-order valence-corrected chi connectivity index (χ4v) is 7.50. The number of rotatable bonds is 10. The number of sulfonamides is 1. The van der Waals surface area contributed by atoms with Gasteiger partial charge in [0.15, 0.2) is 5.78 Å². The molecular weight excluding hydrogens is 570 g/mol. The molecule has 1 aliphatic rings. The third-order valence-corrected chi connectivity index (χ3v) is 9.73. The quantitative estimate of drug-likeness (QED) is 0.315. The third-order valence-electron chi connectivity index (χ3n) is 6.23. The first-order chi connectivity index (χ1) is 19.0. The molecule has 1 saturated heterocycles. The Morgan fingerprint density at radius 3 is 2.20 bits per heavy atom. The van der Waals surface area contributed by atoms with Crippen molar-refractivity contribution in [1.82, 2.24) is 10.2 Å². The molecule has 13 heteroatoms. The minimum atomic E-state index is -4.65. The van der Waals surface area contributed by atoms with Gasteiger partial charge in [-0.15, -0.1) is 11.8 Å². The highest BCUT2D eigenvalue weighted by Gasteiger charge is 2.57. The Kier molecular flexibility index (Phi) is 9.66. The highest BCUT2D eigenvalue weighted by molar-refractivity contribution is 8.01. The summed E-state index contributed by atoms with van der Waals surface area (Å²) >= 11 is 1.28. The molecule has 1 aliphatic heterocycles. The van der Waals surface area contributed by atoms with Gasteiger partial charge in [-0.2, -0.15) is 0 Å². The van der Waals surface area contributed by atoms with Gasteiger partial charge in [0.1, 0.15) is 21.8 Å². The van der Waals surface area contributed by atoms with Gasteiger partial charge >= 0.3 is 12.1 Å². The number of carbonyl (C=O) groups excluding carboxylic acids is 3. The highest BCUT2D eigenvalue weighted by Crippen LogP contribution is 2.40. The Bertz CT molecular complexity index is 1390. The van der Waals surface area contributed by atoms with Crippen LogP contribution in [-0.4, -0.2) is 80.7 Å². The fraction of sp³-hybridized carbons (Fsp3) is 0.464. The van der Waals surface area contributed by atoms with Crippen molar-refractivity contribution in [1.29, 1.82) is 0 Å². The lowest BCUT2D eigenvalue weighted by atomic mass is 9.94. The lowest BCUT2D eigenvalue weighted by Gasteiger charge is -2.40. The first kappa shape index (κ1) is 32.2. The molecule has 41 heavy (non-hydrogen) atoms. The molecule has 2 aromatic carbocycles. The zero-order valence-electron chi connectivity index (χ0n) is 24.5. The van der Waals surface area contributed by atoms with E-state index in [4.69, 9.17) is 14.2 Å². The van der Waals surface area contributed by atoms with Gasteiger partial charge < -0.3 is 19.1 Å². The van der Waals surface area contributed by atoms with Gasteiger partial charge in [0.2, 0.25) is 5.54 Å². The molecule has 0 unspecified atom stereocenters. The van der Waals surface area contributed by atoms with Gasteiger partial charge in [-0.3, -0.25) is 10.1 Å². The minimum absolute atomic E-state index is 0.0237. The molecule has 11 nitrogen and oxygen atoms in total. The summed E-state index contributed by atoms with van der Waals surface area (Å²) in [6, 6.07) is 11.4. The normalized spacial score (nSPS) is 17.8. The number of hydrogen-bond donors (Lipinski definition) is 1. The third kappa shape index (κ3) is 6.79. The average molecular weight is 608 g/mol. The maximum Gasteiger partial charge on any atom is 0.414 e. The van der Waals surface area contributed by atoms with Gasteiger partial charge in [0.25, 0.3) is 10.0 Å². The number of Topliss-reactive ketones (excluding diaryl/α,β-unsaturated/α-hetero) is 1. The van der Waals surface area contributed by atoms with Crippen molar-refractivity contribution in [2.75, 3.05) is 31.3 Å². The molecule has 0 aromatic heterocycles. The number of benzene rings is 2. The standard InChI is InChI=1S/C28H37N3O8S2/c1-18(2)38-25(33)28(5,23(32)24-29-27(3,4)17-40-24)31(41(35,36)22-12-10-9-11-21(22)37-8)19-13-15-20(16-14-19)39-26(34)30(6)7/h9-16,18,24,29H,17H2,1-8H3/t24-,28+/m0/s1. The van der Waals surface area contributed by atoms with E-state index in [0.717, 1.165) is 4.31 Å². The second-order valence-corrected chi connectivity index (χ2v) is 13.6. The molecule has 0 aliphatic carbocycles. The second kappa shape index (κ2) is 12.3. The lowest BCUT2D eigenvalue weighted by molar-refractivity contribution is -0.156. The molecule has 1 heterocycles. The molecule has 2 atom stereocenters. The van der Waals surface area contributed by atoms with Crippen molar-refractivity contribution in [2.24, 2.45) is 0 Å². The molecule has 0 spiro atoms. The number of ketones is 1. The summed E-state index contributed by atoms with van der Waals surface area (Å²) in [5.41, 5.74) is -2.81. The van der Waals surface area contributed by atoms with Crippen LogP contribution in [0.3, 0.4) is 0 Å². The highest BCUT2D eigenvalue weighted by atomic mass is 32.2. The number of nitrogens with zero attached hydrogens (tertiary/aromatic N) is 2. The number of nitrogens with one attached hydrogen (secondary N) is 1. The van der Waals surface area contributed by atoms with E-state index in [-0.39, 0.29) is 22.1 Å². The Morgan fingerprint density at radius 2 is 1.68 bits per heavy atom. The van der Waals surface area contributed by atoms with Crippen molar-refractivity contribution >= 4 is 45.3 Å². The summed E-state index contributed by atoms with van der Waals surface area (Å²) in [6.45, 7) is 8.30. The molecule has 224 valence electrons. The zero-order valence-corrected chi connectivity index (χ0v) is 26.1. The molecule has 0 radical (unpaired) electrons. The number of hydrogen-bond acceptors (Lipinski definition) is 10. The molecule has 1 N–H and O–H groups in total. The van der Waals surface area contributed by atoms with Crippen LogP contribution < -0.4 is 19.1 Å². The van der Waals surface area contributed by atoms with Gasteiger partial charge in [-0.1, -0.05) is 12.1 Å². The summed E-state index contributed by atoms with van der Waals surface area (Å²) in [7, 11) is -0.290. The van der Waals surface area contributed by atoms with E-state index in [9.17, 15) is 22.8 Å². The summed E-state index contributed by atoms with van der Waals surface area (Å²) in [5, 5.41) is 2.30. The fourth-order valence-electron chi connectivity index (χ4n) is 4.15. The average Bonchev–Trinajstić information content (AvgIpc) is 3.27. The van der Waals surface area contributed by atoms with Crippen LogP contribution in [-0.2, 0) is 24.3 Å². The topological polar surface area (TPSA) is 132 Å². The predicted molar refractivity (Wildman–Crippen MR) is 157 cm³/mol. The smallest absolute Gasteiger partial charge is 0.414 e. The minimum Gasteiger partial charge on any atom is -0.495 e. The summed E-state index contributed by atoms with van der Waals surface area (Å²) in [5.74, 6) is -1.01. The first-order valence-corrected chi connectivity index (χ1v) is 15.4. The van der Waals surface area contributed by atoms with Crippen LogP contribution in [0.5, 0.6) is 11.5 Å². The van der Waals surface area contributed by atoms with Crippen LogP contribution in [0.25, 0.3) is 0 Å². The molecule has 1 fully saturated rings. The Balaban J connectivity index is 2.28. The molecule has 3 rings (SSSR count). The second-order valence-electron chi connectivity index (χ2n) is 10.8. The maximum absolute atomic E-state index is 14.5. The van der Waals surface area contributed by atoms with Crippen molar-refractivity contribution in [3.63, 3.8) is 0 Å². The van der Waals surface area contributed by atoms with Crippen molar-refractivity contribution in [2.45, 2.75) is 62.1 Å².